The number of aromatic nitrogens is 1. The number of anilines is 1. The number of likely N-dealkylation sites (tertiary alicyclic amines) is 1. The third kappa shape index (κ3) is 3.19. The topological polar surface area (TPSA) is 37.3 Å². The highest BCUT2D eigenvalue weighted by atomic mass is 35.5. The fourth-order valence-corrected chi connectivity index (χ4v) is 4.69. The number of fused-ring (bicyclic) bond motifs is 4. The Hall–Kier alpha value is -2.79. The Kier molecular flexibility index (Phi) is 4.36. The van der Waals surface area contributed by atoms with Gasteiger partial charge in [0.25, 0.3) is 0 Å². The van der Waals surface area contributed by atoms with Crippen LogP contribution in [0.5, 0.6) is 0 Å². The van der Waals surface area contributed by atoms with Crippen molar-refractivity contribution in [2.24, 2.45) is 0 Å². The monoisotopic (exact) mass is 409 g/mol. The summed E-state index contributed by atoms with van der Waals surface area (Å²) >= 11 is 6.21. The highest BCUT2D eigenvalue weighted by Crippen LogP contribution is 2.44. The molecule has 0 unspecified atom stereocenters. The fourth-order valence-electron chi connectivity index (χ4n) is 4.52. The molecule has 0 bridgehead atoms. The molecule has 2 aliphatic heterocycles. The van der Waals surface area contributed by atoms with E-state index in [9.17, 15) is 9.18 Å². The van der Waals surface area contributed by atoms with E-state index in [0.29, 0.717) is 24.5 Å². The van der Waals surface area contributed by atoms with Crippen LogP contribution in [0.4, 0.5) is 10.1 Å². The average Bonchev–Trinajstić information content (AvgIpc) is 3.22. The summed E-state index contributed by atoms with van der Waals surface area (Å²) in [6.45, 7) is 1.36. The molecule has 0 aliphatic carbocycles. The summed E-state index contributed by atoms with van der Waals surface area (Å²) in [5.41, 5.74) is 3.96. The Morgan fingerprint density at radius 2 is 1.86 bits per heavy atom. The van der Waals surface area contributed by atoms with Gasteiger partial charge in [0.05, 0.1) is 23.3 Å². The van der Waals surface area contributed by atoms with E-state index in [1.807, 2.05) is 23.1 Å². The van der Waals surface area contributed by atoms with Crippen LogP contribution in [-0.2, 0) is 16.8 Å². The lowest BCUT2D eigenvalue weighted by atomic mass is 9.82. The predicted octanol–water partition coefficient (Wildman–Crippen LogP) is 4.76. The van der Waals surface area contributed by atoms with Gasteiger partial charge < -0.3 is 14.8 Å². The number of hydrogen-bond donors (Lipinski definition) is 1. The standard InChI is InChI=1S/C23H21ClFN3O/c24-17-5-8-19-20(15-17)28-11-1-2-21(28)23(26-19)9-12-27(13-10-23)22(29)14-16-3-6-18(25)7-4-16/h1-8,11,15,26H,9-10,12-14H2. The molecule has 4 nitrogen and oxygen atoms in total. The molecule has 6 heteroatoms. The lowest BCUT2D eigenvalue weighted by Gasteiger charge is -2.46. The molecule has 0 atom stereocenters. The van der Waals surface area contributed by atoms with Crippen LogP contribution in [0.2, 0.25) is 5.02 Å². The zero-order valence-electron chi connectivity index (χ0n) is 15.9. The lowest BCUT2D eigenvalue weighted by Crippen LogP contribution is -2.51. The summed E-state index contributed by atoms with van der Waals surface area (Å²) in [4.78, 5) is 14.7. The molecule has 3 heterocycles. The van der Waals surface area contributed by atoms with Gasteiger partial charge >= 0.3 is 0 Å². The van der Waals surface area contributed by atoms with Crippen molar-refractivity contribution in [3.8, 4) is 5.69 Å². The summed E-state index contributed by atoms with van der Waals surface area (Å²) in [6, 6.07) is 16.3. The van der Waals surface area contributed by atoms with E-state index in [-0.39, 0.29) is 17.3 Å². The van der Waals surface area contributed by atoms with Gasteiger partial charge in [-0.15, -0.1) is 0 Å². The number of benzene rings is 2. The number of piperidine rings is 1. The van der Waals surface area contributed by atoms with E-state index in [1.54, 1.807) is 12.1 Å². The molecule has 5 rings (SSSR count). The molecule has 2 aliphatic rings. The minimum Gasteiger partial charge on any atom is -0.372 e. The van der Waals surface area contributed by atoms with E-state index in [2.05, 4.69) is 28.2 Å². The maximum atomic E-state index is 13.1. The Morgan fingerprint density at radius 1 is 1.10 bits per heavy atom. The van der Waals surface area contributed by atoms with E-state index in [1.165, 1.54) is 17.8 Å². The van der Waals surface area contributed by atoms with Crippen molar-refractivity contribution in [1.82, 2.24) is 9.47 Å². The number of hydrogen-bond acceptors (Lipinski definition) is 2. The first-order chi connectivity index (χ1) is 14.0. The SMILES string of the molecule is O=C(Cc1ccc(F)cc1)N1CCC2(CC1)Nc1ccc(Cl)cc1-n1cccc12. The van der Waals surface area contributed by atoms with Crippen molar-refractivity contribution in [3.05, 3.63) is 82.9 Å². The average molecular weight is 410 g/mol. The van der Waals surface area contributed by atoms with Gasteiger partial charge in [0.1, 0.15) is 5.82 Å². The molecule has 3 aromatic rings. The molecule has 1 N–H and O–H groups in total. The Morgan fingerprint density at radius 3 is 2.62 bits per heavy atom. The first-order valence-electron chi connectivity index (χ1n) is 9.82. The van der Waals surface area contributed by atoms with Crippen molar-refractivity contribution < 1.29 is 9.18 Å². The first-order valence-corrected chi connectivity index (χ1v) is 10.2. The zero-order chi connectivity index (χ0) is 20.0. The number of nitrogens with zero attached hydrogens (tertiary/aromatic N) is 2. The van der Waals surface area contributed by atoms with Crippen molar-refractivity contribution >= 4 is 23.2 Å². The third-order valence-electron chi connectivity index (χ3n) is 6.07. The molecule has 1 saturated heterocycles. The molecule has 1 fully saturated rings. The molecule has 148 valence electrons. The molecule has 1 spiro atoms. The quantitative estimate of drug-likeness (QED) is 0.662. The maximum Gasteiger partial charge on any atom is 0.226 e. The fraction of sp³-hybridized carbons (Fsp3) is 0.261. The highest BCUT2D eigenvalue weighted by molar-refractivity contribution is 6.30. The lowest BCUT2D eigenvalue weighted by molar-refractivity contribution is -0.132. The van der Waals surface area contributed by atoms with Crippen LogP contribution >= 0.6 is 11.6 Å². The summed E-state index contributed by atoms with van der Waals surface area (Å²) in [5.74, 6) is -0.195. The number of amides is 1. The van der Waals surface area contributed by atoms with E-state index < -0.39 is 0 Å². The van der Waals surface area contributed by atoms with Gasteiger partial charge in [0.2, 0.25) is 5.91 Å². The van der Waals surface area contributed by atoms with E-state index in [0.717, 1.165) is 29.8 Å². The van der Waals surface area contributed by atoms with Gasteiger partial charge in [-0.05, 0) is 60.9 Å². The Labute approximate surface area is 173 Å². The largest absolute Gasteiger partial charge is 0.372 e. The summed E-state index contributed by atoms with van der Waals surface area (Å²) in [5, 5.41) is 4.45. The molecule has 1 aromatic heterocycles. The van der Waals surface area contributed by atoms with Crippen molar-refractivity contribution in [1.29, 1.82) is 0 Å². The van der Waals surface area contributed by atoms with Gasteiger partial charge in [-0.2, -0.15) is 0 Å². The summed E-state index contributed by atoms with van der Waals surface area (Å²) in [7, 11) is 0. The molecule has 0 saturated carbocycles. The Balaban J connectivity index is 1.34. The second kappa shape index (κ2) is 6.92. The van der Waals surface area contributed by atoms with Crippen LogP contribution in [0.25, 0.3) is 5.69 Å². The van der Waals surface area contributed by atoms with E-state index >= 15 is 0 Å². The zero-order valence-corrected chi connectivity index (χ0v) is 16.6. The normalized spacial score (nSPS) is 16.8. The van der Waals surface area contributed by atoms with Gasteiger partial charge in [-0.1, -0.05) is 23.7 Å². The number of carbonyl (C=O) groups excluding carboxylic acids is 1. The van der Waals surface area contributed by atoms with Crippen LogP contribution in [0, 0.1) is 5.82 Å². The molecule has 0 radical (unpaired) electrons. The molecular formula is C23H21ClFN3O. The minimum absolute atomic E-state index is 0.0878. The van der Waals surface area contributed by atoms with Crippen molar-refractivity contribution in [2.45, 2.75) is 24.8 Å². The van der Waals surface area contributed by atoms with Gasteiger partial charge in [-0.3, -0.25) is 4.79 Å². The van der Waals surface area contributed by atoms with Gasteiger partial charge in [-0.25, -0.2) is 4.39 Å². The molecule has 2 aromatic carbocycles. The summed E-state index contributed by atoms with van der Waals surface area (Å²) in [6.07, 6.45) is 4.03. The van der Waals surface area contributed by atoms with Gasteiger partial charge in [0.15, 0.2) is 0 Å². The Bertz CT molecular complexity index is 1070. The van der Waals surface area contributed by atoms with Crippen LogP contribution in [0.15, 0.2) is 60.8 Å². The second-order valence-electron chi connectivity index (χ2n) is 7.82. The predicted molar refractivity (Wildman–Crippen MR) is 112 cm³/mol. The number of nitrogens with one attached hydrogen (secondary N) is 1. The van der Waals surface area contributed by atoms with E-state index in [4.69, 9.17) is 11.6 Å². The van der Waals surface area contributed by atoms with Crippen LogP contribution < -0.4 is 5.32 Å². The van der Waals surface area contributed by atoms with Crippen LogP contribution in [0.1, 0.15) is 24.1 Å². The number of rotatable bonds is 2. The molecule has 1 amide bonds. The summed E-state index contributed by atoms with van der Waals surface area (Å²) < 4.78 is 15.3. The van der Waals surface area contributed by atoms with Crippen LogP contribution in [0.3, 0.4) is 0 Å². The maximum absolute atomic E-state index is 13.1. The first kappa shape index (κ1) is 18.3. The smallest absolute Gasteiger partial charge is 0.226 e. The van der Waals surface area contributed by atoms with Crippen LogP contribution in [-0.4, -0.2) is 28.5 Å². The molecular weight excluding hydrogens is 389 g/mol. The second-order valence-corrected chi connectivity index (χ2v) is 8.25. The molecule has 29 heavy (non-hydrogen) atoms. The van der Waals surface area contributed by atoms with Gasteiger partial charge in [0, 0.05) is 30.0 Å². The number of halogens is 2. The third-order valence-corrected chi connectivity index (χ3v) is 6.31. The number of carbonyl (C=O) groups is 1. The minimum atomic E-state index is -0.283. The van der Waals surface area contributed by atoms with Crippen molar-refractivity contribution in [2.75, 3.05) is 18.4 Å². The highest BCUT2D eigenvalue weighted by Gasteiger charge is 2.42. The van der Waals surface area contributed by atoms with Crippen molar-refractivity contribution in [3.63, 3.8) is 0 Å².